The largest absolute Gasteiger partial charge is 0.261 e. The lowest BCUT2D eigenvalue weighted by Crippen LogP contribution is -2.01. The van der Waals surface area contributed by atoms with Crippen LogP contribution in [-0.4, -0.2) is 14.8 Å². The van der Waals surface area contributed by atoms with Crippen LogP contribution in [-0.2, 0) is 6.42 Å². The number of rotatable bonds is 2. The van der Waals surface area contributed by atoms with Crippen LogP contribution in [0.2, 0.25) is 0 Å². The van der Waals surface area contributed by atoms with E-state index in [0.717, 1.165) is 23.0 Å². The van der Waals surface area contributed by atoms with E-state index in [1.165, 1.54) is 16.8 Å². The first-order valence-corrected chi connectivity index (χ1v) is 7.85. The summed E-state index contributed by atoms with van der Waals surface area (Å²) in [6, 6.07) is 12.7. The van der Waals surface area contributed by atoms with Crippen LogP contribution in [0, 0.1) is 0 Å². The average molecular weight is 340 g/mol. The molecule has 0 N–H and O–H groups in total. The molecule has 0 fully saturated rings. The van der Waals surface area contributed by atoms with Crippen LogP contribution in [0.5, 0.6) is 0 Å². The molecule has 0 saturated carbocycles. The van der Waals surface area contributed by atoms with Gasteiger partial charge >= 0.3 is 0 Å². The molecule has 1 aromatic carbocycles. The van der Waals surface area contributed by atoms with Gasteiger partial charge in [-0.25, -0.2) is 4.68 Å². The third-order valence-corrected chi connectivity index (χ3v) is 4.45. The van der Waals surface area contributed by atoms with Gasteiger partial charge < -0.3 is 0 Å². The number of hydrogen-bond acceptors (Lipinski definition) is 2. The van der Waals surface area contributed by atoms with Crippen LogP contribution < -0.4 is 0 Å². The van der Waals surface area contributed by atoms with E-state index in [4.69, 9.17) is 5.10 Å². The summed E-state index contributed by atoms with van der Waals surface area (Å²) in [5.74, 6) is 0.419. The van der Waals surface area contributed by atoms with Crippen molar-refractivity contribution in [1.29, 1.82) is 0 Å². The van der Waals surface area contributed by atoms with Gasteiger partial charge in [-0.3, -0.25) is 4.98 Å². The van der Waals surface area contributed by atoms with Gasteiger partial charge in [0.1, 0.15) is 0 Å². The van der Waals surface area contributed by atoms with Crippen molar-refractivity contribution in [3.63, 3.8) is 0 Å². The molecule has 3 aromatic rings. The van der Waals surface area contributed by atoms with E-state index in [1.54, 1.807) is 6.20 Å². The molecule has 1 aliphatic carbocycles. The maximum absolute atomic E-state index is 4.82. The van der Waals surface area contributed by atoms with Crippen molar-refractivity contribution in [3.05, 3.63) is 76.3 Å². The van der Waals surface area contributed by atoms with Crippen LogP contribution in [0.25, 0.3) is 5.69 Å². The lowest BCUT2D eigenvalue weighted by Gasteiger charge is -2.09. The number of nitrogens with zero attached hydrogens (tertiary/aromatic N) is 3. The summed E-state index contributed by atoms with van der Waals surface area (Å²) in [5.41, 5.74) is 4.91. The molecule has 4 rings (SSSR count). The van der Waals surface area contributed by atoms with Gasteiger partial charge in [0.05, 0.1) is 17.6 Å². The Morgan fingerprint density at radius 3 is 2.81 bits per heavy atom. The average Bonchev–Trinajstić information content (AvgIpc) is 3.08. The topological polar surface area (TPSA) is 30.7 Å². The molecule has 0 radical (unpaired) electrons. The molecule has 1 atom stereocenters. The van der Waals surface area contributed by atoms with Gasteiger partial charge in [0, 0.05) is 22.8 Å². The summed E-state index contributed by atoms with van der Waals surface area (Å²) in [6.07, 6.45) is 8.01. The quantitative estimate of drug-likeness (QED) is 0.703. The zero-order valence-electron chi connectivity index (χ0n) is 11.4. The SMILES string of the molecule is Brc1cncc(-n2cc3c(n2)C(c2ccccc2)CC3)c1. The Kier molecular flexibility index (Phi) is 3.11. The summed E-state index contributed by atoms with van der Waals surface area (Å²) < 4.78 is 2.91. The fourth-order valence-corrected chi connectivity index (χ4v) is 3.37. The Bertz CT molecular complexity index is 780. The van der Waals surface area contributed by atoms with Crippen molar-refractivity contribution in [3.8, 4) is 5.69 Å². The van der Waals surface area contributed by atoms with E-state index in [9.17, 15) is 0 Å². The van der Waals surface area contributed by atoms with Gasteiger partial charge in [-0.05, 0) is 46.0 Å². The molecular weight excluding hydrogens is 326 g/mol. The zero-order valence-corrected chi connectivity index (χ0v) is 13.0. The smallest absolute Gasteiger partial charge is 0.0840 e. The summed E-state index contributed by atoms with van der Waals surface area (Å²) >= 11 is 3.46. The van der Waals surface area contributed by atoms with E-state index >= 15 is 0 Å². The minimum Gasteiger partial charge on any atom is -0.261 e. The first-order chi connectivity index (χ1) is 10.3. The highest BCUT2D eigenvalue weighted by molar-refractivity contribution is 9.10. The molecule has 1 aliphatic rings. The van der Waals surface area contributed by atoms with Gasteiger partial charge in [-0.15, -0.1) is 0 Å². The van der Waals surface area contributed by atoms with Crippen LogP contribution in [0.15, 0.2) is 59.5 Å². The monoisotopic (exact) mass is 339 g/mol. The van der Waals surface area contributed by atoms with E-state index in [1.807, 2.05) is 16.9 Å². The number of fused-ring (bicyclic) bond motifs is 1. The highest BCUT2D eigenvalue weighted by Gasteiger charge is 2.27. The highest BCUT2D eigenvalue weighted by Crippen LogP contribution is 2.37. The van der Waals surface area contributed by atoms with Crippen molar-refractivity contribution >= 4 is 15.9 Å². The van der Waals surface area contributed by atoms with Crippen molar-refractivity contribution in [1.82, 2.24) is 14.8 Å². The predicted octanol–water partition coefficient (Wildman–Crippen LogP) is 4.11. The minimum absolute atomic E-state index is 0.419. The molecular formula is C17H14BrN3. The van der Waals surface area contributed by atoms with Gasteiger partial charge in [-0.2, -0.15) is 5.10 Å². The fraction of sp³-hybridized carbons (Fsp3) is 0.176. The van der Waals surface area contributed by atoms with Gasteiger partial charge in [0.15, 0.2) is 0 Å². The van der Waals surface area contributed by atoms with Crippen LogP contribution in [0.4, 0.5) is 0 Å². The molecule has 2 aromatic heterocycles. The van der Waals surface area contributed by atoms with Crippen molar-refractivity contribution in [2.75, 3.05) is 0 Å². The number of aryl methyl sites for hydroxylation is 1. The molecule has 4 heteroatoms. The predicted molar refractivity (Wildman–Crippen MR) is 85.7 cm³/mol. The maximum atomic E-state index is 4.82. The molecule has 0 saturated heterocycles. The van der Waals surface area contributed by atoms with E-state index in [2.05, 4.69) is 57.4 Å². The molecule has 104 valence electrons. The molecule has 2 heterocycles. The van der Waals surface area contributed by atoms with Gasteiger partial charge in [0.2, 0.25) is 0 Å². The number of aromatic nitrogens is 3. The fourth-order valence-electron chi connectivity index (χ4n) is 3.01. The van der Waals surface area contributed by atoms with Gasteiger partial charge in [0.25, 0.3) is 0 Å². The zero-order chi connectivity index (χ0) is 14.2. The third kappa shape index (κ3) is 2.29. The standard InChI is InChI=1S/C17H14BrN3/c18-14-8-15(10-19-9-14)21-11-13-6-7-16(17(13)20-21)12-4-2-1-3-5-12/h1-5,8-11,16H,6-7H2. The first kappa shape index (κ1) is 12.8. The van der Waals surface area contributed by atoms with E-state index in [-0.39, 0.29) is 0 Å². The minimum atomic E-state index is 0.419. The second kappa shape index (κ2) is 5.11. The van der Waals surface area contributed by atoms with E-state index < -0.39 is 0 Å². The molecule has 3 nitrogen and oxygen atoms in total. The Morgan fingerprint density at radius 2 is 2.00 bits per heavy atom. The lowest BCUT2D eigenvalue weighted by molar-refractivity contribution is 0.725. The molecule has 0 aliphatic heterocycles. The molecule has 21 heavy (non-hydrogen) atoms. The number of halogens is 1. The van der Waals surface area contributed by atoms with Crippen molar-refractivity contribution in [2.45, 2.75) is 18.8 Å². The normalized spacial score (nSPS) is 16.9. The van der Waals surface area contributed by atoms with E-state index in [0.29, 0.717) is 5.92 Å². The first-order valence-electron chi connectivity index (χ1n) is 7.05. The van der Waals surface area contributed by atoms with Crippen LogP contribution >= 0.6 is 15.9 Å². The summed E-state index contributed by atoms with van der Waals surface area (Å²) in [5, 5.41) is 4.82. The molecule has 1 unspecified atom stereocenters. The highest BCUT2D eigenvalue weighted by atomic mass is 79.9. The molecule has 0 spiro atoms. The molecule has 0 bridgehead atoms. The molecule has 0 amide bonds. The van der Waals surface area contributed by atoms with Crippen LogP contribution in [0.3, 0.4) is 0 Å². The third-order valence-electron chi connectivity index (χ3n) is 4.01. The van der Waals surface area contributed by atoms with Crippen molar-refractivity contribution < 1.29 is 0 Å². The Labute approximate surface area is 131 Å². The maximum Gasteiger partial charge on any atom is 0.0840 e. The van der Waals surface area contributed by atoms with Gasteiger partial charge in [-0.1, -0.05) is 30.3 Å². The second-order valence-corrected chi connectivity index (χ2v) is 6.26. The Hall–Kier alpha value is -1.94. The second-order valence-electron chi connectivity index (χ2n) is 5.35. The van der Waals surface area contributed by atoms with Crippen molar-refractivity contribution in [2.24, 2.45) is 0 Å². The number of pyridine rings is 1. The Balaban J connectivity index is 1.74. The summed E-state index contributed by atoms with van der Waals surface area (Å²) in [6.45, 7) is 0. The summed E-state index contributed by atoms with van der Waals surface area (Å²) in [4.78, 5) is 4.21. The van der Waals surface area contributed by atoms with Crippen LogP contribution in [0.1, 0.15) is 29.2 Å². The Morgan fingerprint density at radius 1 is 1.14 bits per heavy atom. The summed E-state index contributed by atoms with van der Waals surface area (Å²) in [7, 11) is 0. The lowest BCUT2D eigenvalue weighted by atomic mass is 9.97. The number of hydrogen-bond donors (Lipinski definition) is 0. The number of benzene rings is 1.